The number of hydrogen-bond donors (Lipinski definition) is 1. The Bertz CT molecular complexity index is 1590. The molecule has 0 saturated carbocycles. The average Bonchev–Trinajstić information content (AvgIpc) is 3.61. The van der Waals surface area contributed by atoms with Crippen LogP contribution in [0.5, 0.6) is 0 Å². The number of para-hydroxylation sites is 1. The third-order valence-corrected chi connectivity index (χ3v) is 9.21. The van der Waals surface area contributed by atoms with Crippen molar-refractivity contribution >= 4 is 44.5 Å². The van der Waals surface area contributed by atoms with Crippen LogP contribution in [0.4, 0.5) is 23.7 Å². The zero-order chi connectivity index (χ0) is 30.4. The van der Waals surface area contributed by atoms with Gasteiger partial charge in [-0.05, 0) is 57.0 Å². The number of nitrogens with one attached hydrogen (secondary N) is 1. The number of amides is 4. The summed E-state index contributed by atoms with van der Waals surface area (Å²) in [5, 5.41) is 3.00. The van der Waals surface area contributed by atoms with Gasteiger partial charge in [0.2, 0.25) is 16.9 Å². The molecule has 0 aliphatic carbocycles. The maximum absolute atomic E-state index is 13.4. The highest BCUT2D eigenvalue weighted by molar-refractivity contribution is 7.89. The van der Waals surface area contributed by atoms with Crippen LogP contribution in [-0.2, 0) is 25.8 Å². The standard InChI is InChI=1S/C28H29F3N4O6S/c1-17(2)35-26(37)19(16-33(27(35)38)21-11-9-20(10-12-21)28(29,30)31)15-32-25(36)22-7-5-13-34(22)42(39,40)24-14-18-6-3-4-8-23(18)41-24/h3-4,6,8-12,14,17,19,22H,5,7,13,15-16H2,1-2H3,(H,32,36)/t19?,22-/m0/s1. The first-order chi connectivity index (χ1) is 19.8. The normalized spacial score (nSPS) is 20.6. The Morgan fingerprint density at radius 2 is 1.79 bits per heavy atom. The Balaban J connectivity index is 1.32. The van der Waals surface area contributed by atoms with Crippen LogP contribution in [-0.4, -0.2) is 67.2 Å². The summed E-state index contributed by atoms with van der Waals surface area (Å²) in [4.78, 5) is 41.8. The minimum atomic E-state index is -4.55. The molecule has 1 unspecified atom stereocenters. The molecule has 5 rings (SSSR count). The fourth-order valence-corrected chi connectivity index (χ4v) is 6.91. The lowest BCUT2D eigenvalue weighted by Gasteiger charge is -2.40. The fraction of sp³-hybridized carbons (Fsp3) is 0.393. The number of rotatable bonds is 7. The number of furan rings is 1. The van der Waals surface area contributed by atoms with Crippen LogP contribution in [0.3, 0.4) is 0 Å². The number of anilines is 1. The van der Waals surface area contributed by atoms with E-state index in [0.717, 1.165) is 33.5 Å². The first kappa shape index (κ1) is 29.6. The number of halogens is 3. The number of imide groups is 1. The fourth-order valence-electron chi connectivity index (χ4n) is 5.30. The van der Waals surface area contributed by atoms with Crippen molar-refractivity contribution in [2.45, 2.75) is 50.0 Å². The lowest BCUT2D eigenvalue weighted by Crippen LogP contribution is -2.61. The van der Waals surface area contributed by atoms with E-state index >= 15 is 0 Å². The summed E-state index contributed by atoms with van der Waals surface area (Å²) in [5.41, 5.74) is -0.314. The molecule has 0 bridgehead atoms. The summed E-state index contributed by atoms with van der Waals surface area (Å²) < 4.78 is 72.6. The van der Waals surface area contributed by atoms with Crippen LogP contribution in [0.25, 0.3) is 11.0 Å². The van der Waals surface area contributed by atoms with Gasteiger partial charge in [0.1, 0.15) is 11.6 Å². The van der Waals surface area contributed by atoms with Crippen molar-refractivity contribution in [2.75, 3.05) is 24.5 Å². The number of carbonyl (C=O) groups excluding carboxylic acids is 3. The average molecular weight is 607 g/mol. The molecular formula is C28H29F3N4O6S. The number of nitrogens with zero attached hydrogens (tertiary/aromatic N) is 3. The molecule has 0 spiro atoms. The second-order valence-corrected chi connectivity index (χ2v) is 12.4. The number of alkyl halides is 3. The summed E-state index contributed by atoms with van der Waals surface area (Å²) in [5.74, 6) is -2.07. The zero-order valence-electron chi connectivity index (χ0n) is 22.8. The van der Waals surface area contributed by atoms with E-state index in [9.17, 15) is 36.0 Å². The predicted molar refractivity (Wildman–Crippen MR) is 146 cm³/mol. The predicted octanol–water partition coefficient (Wildman–Crippen LogP) is 4.21. The molecule has 42 heavy (non-hydrogen) atoms. The number of urea groups is 1. The Morgan fingerprint density at radius 3 is 2.43 bits per heavy atom. The number of fused-ring (bicyclic) bond motifs is 1. The van der Waals surface area contributed by atoms with Crippen molar-refractivity contribution in [1.82, 2.24) is 14.5 Å². The number of carbonyl (C=O) groups is 3. The van der Waals surface area contributed by atoms with Gasteiger partial charge in [-0.25, -0.2) is 13.2 Å². The van der Waals surface area contributed by atoms with Crippen molar-refractivity contribution < 1.29 is 40.4 Å². The van der Waals surface area contributed by atoms with Crippen LogP contribution >= 0.6 is 0 Å². The number of benzene rings is 2. The van der Waals surface area contributed by atoms with E-state index in [-0.39, 0.29) is 36.8 Å². The first-order valence-corrected chi connectivity index (χ1v) is 14.8. The summed E-state index contributed by atoms with van der Waals surface area (Å²) in [6.07, 6.45) is -3.85. The monoisotopic (exact) mass is 606 g/mol. The van der Waals surface area contributed by atoms with Gasteiger partial charge >= 0.3 is 12.2 Å². The molecule has 3 heterocycles. The van der Waals surface area contributed by atoms with Crippen molar-refractivity contribution in [3.63, 3.8) is 0 Å². The Labute approximate surface area is 240 Å². The summed E-state index contributed by atoms with van der Waals surface area (Å²) in [6, 6.07) is 9.98. The second-order valence-electron chi connectivity index (χ2n) is 10.6. The van der Waals surface area contributed by atoms with E-state index in [0.29, 0.717) is 17.4 Å². The second kappa shape index (κ2) is 11.1. The van der Waals surface area contributed by atoms with Crippen molar-refractivity contribution in [3.8, 4) is 0 Å². The van der Waals surface area contributed by atoms with Crippen LogP contribution in [0.2, 0.25) is 0 Å². The summed E-state index contributed by atoms with van der Waals surface area (Å²) in [7, 11) is -4.14. The molecule has 3 aromatic rings. The van der Waals surface area contributed by atoms with Crippen molar-refractivity contribution in [1.29, 1.82) is 0 Å². The molecule has 2 atom stereocenters. The molecule has 0 radical (unpaired) electrons. The van der Waals surface area contributed by atoms with Gasteiger partial charge in [-0.1, -0.05) is 18.2 Å². The van der Waals surface area contributed by atoms with Crippen LogP contribution in [0, 0.1) is 5.92 Å². The van der Waals surface area contributed by atoms with E-state index in [1.54, 1.807) is 38.1 Å². The number of sulfonamides is 1. The van der Waals surface area contributed by atoms with Gasteiger partial charge in [-0.2, -0.15) is 17.5 Å². The summed E-state index contributed by atoms with van der Waals surface area (Å²) >= 11 is 0. The van der Waals surface area contributed by atoms with E-state index in [1.807, 2.05) is 0 Å². The zero-order valence-corrected chi connectivity index (χ0v) is 23.6. The molecule has 2 saturated heterocycles. The molecule has 224 valence electrons. The quantitative estimate of drug-likeness (QED) is 0.430. The van der Waals surface area contributed by atoms with Crippen LogP contribution < -0.4 is 10.2 Å². The van der Waals surface area contributed by atoms with E-state index < -0.39 is 57.6 Å². The third-order valence-electron chi connectivity index (χ3n) is 7.44. The minimum absolute atomic E-state index is 0.108. The highest BCUT2D eigenvalue weighted by atomic mass is 32.2. The minimum Gasteiger partial charge on any atom is -0.443 e. The van der Waals surface area contributed by atoms with Gasteiger partial charge in [0.15, 0.2) is 0 Å². The lowest BCUT2D eigenvalue weighted by atomic mass is 10.0. The summed E-state index contributed by atoms with van der Waals surface area (Å²) in [6.45, 7) is 2.97. The Kier molecular flexibility index (Phi) is 7.79. The molecule has 10 nitrogen and oxygen atoms in total. The van der Waals surface area contributed by atoms with Gasteiger partial charge in [0.05, 0.1) is 11.5 Å². The van der Waals surface area contributed by atoms with Crippen LogP contribution in [0.15, 0.2) is 64.1 Å². The smallest absolute Gasteiger partial charge is 0.416 e. The maximum atomic E-state index is 13.4. The van der Waals surface area contributed by atoms with Crippen LogP contribution in [0.1, 0.15) is 32.3 Å². The molecule has 1 N–H and O–H groups in total. The number of hydrogen-bond acceptors (Lipinski definition) is 6. The highest BCUT2D eigenvalue weighted by Crippen LogP contribution is 2.33. The maximum Gasteiger partial charge on any atom is 0.416 e. The first-order valence-electron chi connectivity index (χ1n) is 13.4. The lowest BCUT2D eigenvalue weighted by molar-refractivity contribution is -0.137. The van der Waals surface area contributed by atoms with Gasteiger partial charge in [-0.3, -0.25) is 19.4 Å². The van der Waals surface area contributed by atoms with E-state index in [2.05, 4.69) is 5.32 Å². The van der Waals surface area contributed by atoms with E-state index in [4.69, 9.17) is 4.42 Å². The molecule has 2 aliphatic heterocycles. The van der Waals surface area contributed by atoms with Gasteiger partial charge in [-0.15, -0.1) is 0 Å². The van der Waals surface area contributed by atoms with E-state index in [1.165, 1.54) is 11.0 Å². The Morgan fingerprint density at radius 1 is 1.10 bits per heavy atom. The topological polar surface area (TPSA) is 120 Å². The molecule has 1 aromatic heterocycles. The van der Waals surface area contributed by atoms with Gasteiger partial charge in [0.25, 0.3) is 10.0 Å². The molecule has 14 heteroatoms. The van der Waals surface area contributed by atoms with Crippen molar-refractivity contribution in [2.24, 2.45) is 5.92 Å². The Hall–Kier alpha value is -3.91. The largest absolute Gasteiger partial charge is 0.443 e. The van der Waals surface area contributed by atoms with Gasteiger partial charge in [0, 0.05) is 42.8 Å². The molecule has 4 amide bonds. The molecular weight excluding hydrogens is 577 g/mol. The SMILES string of the molecule is CC(C)N1C(=O)C(CNC(=O)[C@@H]2CCCN2S(=O)(=O)c2cc3ccccc3o2)CN(c2ccc(C(F)(F)F)cc2)C1=O. The van der Waals surface area contributed by atoms with Gasteiger partial charge < -0.3 is 9.73 Å². The molecule has 2 aromatic carbocycles. The third kappa shape index (κ3) is 5.48. The van der Waals surface area contributed by atoms with Crippen molar-refractivity contribution in [3.05, 3.63) is 60.2 Å². The highest BCUT2D eigenvalue weighted by Gasteiger charge is 2.44. The molecule has 2 fully saturated rings. The molecule has 2 aliphatic rings.